The minimum absolute atomic E-state index is 0.0337. The van der Waals surface area contributed by atoms with E-state index in [-0.39, 0.29) is 11.3 Å². The molecular weight excluding hydrogens is 306 g/mol. The molecule has 126 valence electrons. The molecule has 0 bridgehead atoms. The summed E-state index contributed by atoms with van der Waals surface area (Å²) in [6.07, 6.45) is 5.16. The fourth-order valence-electron chi connectivity index (χ4n) is 4.08. The van der Waals surface area contributed by atoms with E-state index in [0.29, 0.717) is 29.9 Å². The van der Waals surface area contributed by atoms with E-state index >= 15 is 0 Å². The molecule has 1 aliphatic carbocycles. The zero-order valence-corrected chi connectivity index (χ0v) is 13.8. The molecule has 1 amide bonds. The lowest BCUT2D eigenvalue weighted by atomic mass is 9.81. The van der Waals surface area contributed by atoms with Gasteiger partial charge >= 0.3 is 0 Å². The summed E-state index contributed by atoms with van der Waals surface area (Å²) < 4.78 is 11.0. The van der Waals surface area contributed by atoms with Crippen LogP contribution in [0.2, 0.25) is 0 Å². The number of carbonyl (C=O) groups is 1. The van der Waals surface area contributed by atoms with Gasteiger partial charge in [-0.3, -0.25) is 4.79 Å². The number of ether oxygens (including phenoxy) is 1. The molecule has 24 heavy (non-hydrogen) atoms. The van der Waals surface area contributed by atoms with Crippen LogP contribution in [0.15, 0.2) is 35.0 Å². The first-order valence-electron chi connectivity index (χ1n) is 8.43. The maximum Gasteiger partial charge on any atom is 0.276 e. The smallest absolute Gasteiger partial charge is 0.276 e. The second kappa shape index (κ2) is 5.92. The molecule has 6 heteroatoms. The molecule has 0 aromatic carbocycles. The summed E-state index contributed by atoms with van der Waals surface area (Å²) in [5, 5.41) is 3.86. The lowest BCUT2D eigenvalue weighted by molar-refractivity contribution is 0.0734. The van der Waals surface area contributed by atoms with Crippen molar-refractivity contribution in [2.45, 2.75) is 26.2 Å². The Kier molecular flexibility index (Phi) is 3.75. The quantitative estimate of drug-likeness (QED) is 0.863. The lowest BCUT2D eigenvalue weighted by Gasteiger charge is -2.28. The highest BCUT2D eigenvalue weighted by atomic mass is 16.5. The van der Waals surface area contributed by atoms with Crippen LogP contribution in [0, 0.1) is 18.3 Å². The van der Waals surface area contributed by atoms with Crippen LogP contribution in [-0.2, 0) is 0 Å². The van der Waals surface area contributed by atoms with Crippen LogP contribution in [-0.4, -0.2) is 40.6 Å². The van der Waals surface area contributed by atoms with Crippen molar-refractivity contribution in [1.29, 1.82) is 0 Å². The van der Waals surface area contributed by atoms with E-state index in [1.807, 2.05) is 23.1 Å². The molecule has 0 spiro atoms. The second-order valence-corrected chi connectivity index (χ2v) is 6.92. The van der Waals surface area contributed by atoms with Crippen LogP contribution >= 0.6 is 0 Å². The van der Waals surface area contributed by atoms with Crippen molar-refractivity contribution in [1.82, 2.24) is 15.0 Å². The highest BCUT2D eigenvalue weighted by Crippen LogP contribution is 2.49. The summed E-state index contributed by atoms with van der Waals surface area (Å²) >= 11 is 0. The van der Waals surface area contributed by atoms with E-state index in [0.717, 1.165) is 25.9 Å². The summed E-state index contributed by atoms with van der Waals surface area (Å²) in [4.78, 5) is 18.8. The first kappa shape index (κ1) is 15.2. The van der Waals surface area contributed by atoms with E-state index in [1.165, 1.54) is 6.42 Å². The Bertz CT molecular complexity index is 730. The van der Waals surface area contributed by atoms with Gasteiger partial charge in [-0.1, -0.05) is 17.6 Å². The first-order valence-corrected chi connectivity index (χ1v) is 8.43. The number of aromatic nitrogens is 2. The number of fused-ring (bicyclic) bond motifs is 1. The average molecular weight is 327 g/mol. The van der Waals surface area contributed by atoms with Crippen LogP contribution in [0.25, 0.3) is 0 Å². The van der Waals surface area contributed by atoms with Crippen molar-refractivity contribution in [3.8, 4) is 5.88 Å². The van der Waals surface area contributed by atoms with Gasteiger partial charge in [-0.15, -0.1) is 0 Å². The molecule has 0 unspecified atom stereocenters. The number of hydrogen-bond acceptors (Lipinski definition) is 5. The van der Waals surface area contributed by atoms with Gasteiger partial charge in [0.2, 0.25) is 5.88 Å². The van der Waals surface area contributed by atoms with Crippen molar-refractivity contribution in [2.75, 3.05) is 19.7 Å². The Balaban J connectivity index is 1.47. The molecule has 2 fully saturated rings. The normalized spacial score (nSPS) is 25.7. The lowest BCUT2D eigenvalue weighted by Crippen LogP contribution is -2.35. The van der Waals surface area contributed by atoms with Crippen molar-refractivity contribution in [3.63, 3.8) is 0 Å². The Morgan fingerprint density at radius 1 is 1.50 bits per heavy atom. The van der Waals surface area contributed by atoms with E-state index in [1.54, 1.807) is 19.2 Å². The van der Waals surface area contributed by atoms with Crippen LogP contribution in [0.5, 0.6) is 5.88 Å². The van der Waals surface area contributed by atoms with E-state index < -0.39 is 0 Å². The van der Waals surface area contributed by atoms with Crippen LogP contribution in [0.4, 0.5) is 0 Å². The van der Waals surface area contributed by atoms with Gasteiger partial charge in [-0.25, -0.2) is 4.98 Å². The van der Waals surface area contributed by atoms with Gasteiger partial charge in [-0.05, 0) is 31.7 Å². The Morgan fingerprint density at radius 2 is 2.42 bits per heavy atom. The third-order valence-corrected chi connectivity index (χ3v) is 5.32. The van der Waals surface area contributed by atoms with Crippen molar-refractivity contribution in [3.05, 3.63) is 41.9 Å². The zero-order valence-electron chi connectivity index (χ0n) is 13.8. The number of pyridine rings is 1. The zero-order chi connectivity index (χ0) is 16.6. The number of nitrogens with zero attached hydrogens (tertiary/aromatic N) is 3. The Labute approximate surface area is 140 Å². The molecule has 2 aliphatic rings. The number of rotatable bonds is 4. The van der Waals surface area contributed by atoms with Gasteiger partial charge in [0, 0.05) is 36.8 Å². The largest absolute Gasteiger partial charge is 0.477 e. The standard InChI is InChI=1S/C18H21N3O3/c1-13-9-15(20-24-13)17(22)21-10-14-5-4-7-18(14,11-21)12-23-16-6-2-3-8-19-16/h2-3,6,8-9,14H,4-5,7,10-12H2,1H3/t14-,18+/m0/s1. The Morgan fingerprint density at radius 3 is 3.17 bits per heavy atom. The molecule has 1 aliphatic heterocycles. The summed E-state index contributed by atoms with van der Waals surface area (Å²) in [5.41, 5.74) is 0.430. The van der Waals surface area contributed by atoms with E-state index in [2.05, 4.69) is 10.1 Å². The SMILES string of the molecule is Cc1cc(C(=O)N2C[C@@H]3CCC[C@]3(COc3ccccn3)C2)no1. The predicted molar refractivity (Wildman–Crippen MR) is 86.6 cm³/mol. The highest BCUT2D eigenvalue weighted by Gasteiger charge is 2.51. The van der Waals surface area contributed by atoms with Crippen LogP contribution in [0.1, 0.15) is 35.5 Å². The summed E-state index contributed by atoms with van der Waals surface area (Å²) in [6, 6.07) is 7.37. The molecule has 1 saturated carbocycles. The van der Waals surface area contributed by atoms with Gasteiger partial charge in [0.15, 0.2) is 5.69 Å². The Hall–Kier alpha value is -2.37. The maximum atomic E-state index is 12.7. The number of hydrogen-bond donors (Lipinski definition) is 0. The fourth-order valence-corrected chi connectivity index (χ4v) is 4.08. The van der Waals surface area contributed by atoms with E-state index in [4.69, 9.17) is 9.26 Å². The molecule has 4 rings (SSSR count). The monoisotopic (exact) mass is 327 g/mol. The third kappa shape index (κ3) is 2.66. The van der Waals surface area contributed by atoms with Crippen molar-refractivity contribution in [2.24, 2.45) is 11.3 Å². The third-order valence-electron chi connectivity index (χ3n) is 5.32. The second-order valence-electron chi connectivity index (χ2n) is 6.92. The number of aryl methyl sites for hydroxylation is 1. The first-order chi connectivity index (χ1) is 11.7. The van der Waals surface area contributed by atoms with Gasteiger partial charge < -0.3 is 14.2 Å². The molecule has 6 nitrogen and oxygen atoms in total. The van der Waals surface area contributed by atoms with Crippen LogP contribution in [0.3, 0.4) is 0 Å². The topological polar surface area (TPSA) is 68.5 Å². The molecule has 0 N–H and O–H groups in total. The highest BCUT2D eigenvalue weighted by molar-refractivity contribution is 5.92. The fraction of sp³-hybridized carbons (Fsp3) is 0.500. The maximum absolute atomic E-state index is 12.7. The molecular formula is C18H21N3O3. The van der Waals surface area contributed by atoms with Gasteiger partial charge in [-0.2, -0.15) is 0 Å². The summed E-state index contributed by atoms with van der Waals surface area (Å²) in [5.74, 6) is 1.75. The minimum Gasteiger partial charge on any atom is -0.477 e. The number of amides is 1. The molecule has 2 aromatic heterocycles. The molecule has 2 aromatic rings. The molecule has 0 radical (unpaired) electrons. The summed E-state index contributed by atoms with van der Waals surface area (Å²) in [6.45, 7) is 3.90. The predicted octanol–water partition coefficient (Wildman–Crippen LogP) is 2.70. The molecule has 3 heterocycles. The van der Waals surface area contributed by atoms with Crippen molar-refractivity contribution < 1.29 is 14.1 Å². The summed E-state index contributed by atoms with van der Waals surface area (Å²) in [7, 11) is 0. The van der Waals surface area contributed by atoms with Gasteiger partial charge in [0.25, 0.3) is 5.91 Å². The van der Waals surface area contributed by atoms with Crippen LogP contribution < -0.4 is 4.74 Å². The minimum atomic E-state index is -0.0431. The van der Waals surface area contributed by atoms with Crippen molar-refractivity contribution >= 4 is 5.91 Å². The average Bonchev–Trinajstić information content (AvgIpc) is 3.27. The van der Waals surface area contributed by atoms with Gasteiger partial charge in [0.05, 0.1) is 6.61 Å². The number of likely N-dealkylation sites (tertiary alicyclic amines) is 1. The number of carbonyl (C=O) groups excluding carboxylic acids is 1. The van der Waals surface area contributed by atoms with E-state index in [9.17, 15) is 4.79 Å². The molecule has 2 atom stereocenters. The van der Waals surface area contributed by atoms with Gasteiger partial charge in [0.1, 0.15) is 5.76 Å². The molecule has 1 saturated heterocycles.